The zero-order valence-corrected chi connectivity index (χ0v) is 38.4. The van der Waals surface area contributed by atoms with Gasteiger partial charge in [-0.3, -0.25) is 19.8 Å². The van der Waals surface area contributed by atoms with Gasteiger partial charge in [-0.1, -0.05) is 52.0 Å². The third-order valence-corrected chi connectivity index (χ3v) is 15.7. The molecule has 4 aliphatic rings. The maximum absolute atomic E-state index is 14.0. The standard InChI is InChI=1S/C49H59N7O8S/c1-32(2)39-7-5-6-8-40(39)43-31-62-22-21-55(43)36-26-49(27-36)16-19-54(20-17-49)35-9-10-41(44(24-35)64-37-23-34-13-18-50-45(34)51-28-37)46(57)53-65(60,61)38-25-42(56(58)59)47(52-29-38)63-30-33-11-14-48(3,4)15-12-33/h5-10,13,18,23-25,28-29,32-33,36,43H,11-12,14-17,19-22,26-27,30-31H2,1-4H3,(H,50,51)(H,53,57)/t43-/m0/s1. The summed E-state index contributed by atoms with van der Waals surface area (Å²) in [5, 5.41) is 12.9. The monoisotopic (exact) mass is 905 g/mol. The number of anilines is 1. The van der Waals surface area contributed by atoms with E-state index in [1.54, 1.807) is 30.5 Å². The number of carbonyl (C=O) groups excluding carboxylic acids is 1. The summed E-state index contributed by atoms with van der Waals surface area (Å²) in [6.45, 7) is 13.2. The van der Waals surface area contributed by atoms with Gasteiger partial charge in [-0.05, 0) is 109 Å². The molecule has 2 N–H and O–H groups in total. The number of rotatable bonds is 13. The Labute approximate surface area is 380 Å². The second-order valence-corrected chi connectivity index (χ2v) is 21.3. The topological polar surface area (TPSA) is 182 Å². The minimum atomic E-state index is -4.63. The SMILES string of the molecule is CC(C)c1ccccc1[C@@H]1COCCN1C1CC2(CCN(c3ccc(C(=O)NS(=O)(=O)c4cnc(OCC5CCC(C)(C)CC5)c([N+](=O)[O-])c4)c(Oc4cnc5[nH]ccc5c4)c3)CC2)C1. The average molecular weight is 906 g/mol. The van der Waals surface area contributed by atoms with Crippen molar-refractivity contribution >= 4 is 38.3 Å². The van der Waals surface area contributed by atoms with Crippen LogP contribution in [0.1, 0.15) is 113 Å². The van der Waals surface area contributed by atoms with Gasteiger partial charge in [-0.25, -0.2) is 23.1 Å². The number of nitro groups is 1. The summed E-state index contributed by atoms with van der Waals surface area (Å²) >= 11 is 0. The van der Waals surface area contributed by atoms with Crippen LogP contribution in [-0.2, 0) is 14.8 Å². The Balaban J connectivity index is 0.898. The second-order valence-electron chi connectivity index (χ2n) is 19.6. The highest BCUT2D eigenvalue weighted by molar-refractivity contribution is 7.90. The molecule has 5 aromatic rings. The number of pyridine rings is 2. The van der Waals surface area contributed by atoms with E-state index in [1.807, 2.05) is 6.07 Å². The van der Waals surface area contributed by atoms with E-state index in [4.69, 9.17) is 14.2 Å². The normalized spacial score (nSPS) is 20.4. The highest BCUT2D eigenvalue weighted by atomic mass is 32.2. The number of sulfonamides is 1. The molecule has 0 unspecified atom stereocenters. The zero-order chi connectivity index (χ0) is 45.5. The number of ether oxygens (including phenoxy) is 3. The minimum absolute atomic E-state index is 0.0426. The van der Waals surface area contributed by atoms with E-state index in [0.29, 0.717) is 30.0 Å². The predicted octanol–water partition coefficient (Wildman–Crippen LogP) is 9.32. The number of amides is 1. The lowest BCUT2D eigenvalue weighted by atomic mass is 9.59. The van der Waals surface area contributed by atoms with E-state index >= 15 is 0 Å². The number of hydrogen-bond donors (Lipinski definition) is 2. The Morgan fingerprint density at radius 3 is 2.52 bits per heavy atom. The van der Waals surface area contributed by atoms with Gasteiger partial charge in [-0.2, -0.15) is 0 Å². The van der Waals surface area contributed by atoms with Gasteiger partial charge in [0.1, 0.15) is 22.0 Å². The van der Waals surface area contributed by atoms with Crippen molar-refractivity contribution in [3.05, 3.63) is 106 Å². The summed E-state index contributed by atoms with van der Waals surface area (Å²) in [4.78, 5) is 41.3. The van der Waals surface area contributed by atoms with E-state index < -0.39 is 31.4 Å². The van der Waals surface area contributed by atoms with Crippen LogP contribution in [0.3, 0.4) is 0 Å². The van der Waals surface area contributed by atoms with Crippen LogP contribution in [0.15, 0.2) is 84.1 Å². The molecule has 5 heterocycles. The van der Waals surface area contributed by atoms with Gasteiger partial charge in [-0.15, -0.1) is 0 Å². The number of piperidine rings is 1. The highest BCUT2D eigenvalue weighted by Crippen LogP contribution is 2.53. The first-order chi connectivity index (χ1) is 31.2. The number of fused-ring (bicyclic) bond motifs is 1. The fourth-order valence-electron chi connectivity index (χ4n) is 10.4. The van der Waals surface area contributed by atoms with Crippen molar-refractivity contribution < 1.29 is 32.3 Å². The van der Waals surface area contributed by atoms with Crippen LogP contribution < -0.4 is 19.1 Å². The fourth-order valence-corrected chi connectivity index (χ4v) is 11.4. The maximum Gasteiger partial charge on any atom is 0.332 e. The molecular weight excluding hydrogens is 847 g/mol. The number of morpholine rings is 1. The Hall–Kier alpha value is -5.58. The number of aromatic nitrogens is 3. The van der Waals surface area contributed by atoms with Crippen molar-refractivity contribution in [3.63, 3.8) is 0 Å². The molecule has 4 fully saturated rings. The van der Waals surface area contributed by atoms with Gasteiger partial charge in [0.2, 0.25) is 0 Å². The third kappa shape index (κ3) is 9.57. The number of nitrogens with zero attached hydrogens (tertiary/aromatic N) is 5. The Morgan fingerprint density at radius 1 is 1.00 bits per heavy atom. The van der Waals surface area contributed by atoms with Crippen LogP contribution in [0.5, 0.6) is 17.4 Å². The zero-order valence-electron chi connectivity index (χ0n) is 37.6. The number of hydrogen-bond acceptors (Lipinski definition) is 12. The predicted molar refractivity (Wildman–Crippen MR) is 247 cm³/mol. The molecule has 9 rings (SSSR count). The van der Waals surface area contributed by atoms with Gasteiger partial charge in [0.25, 0.3) is 21.8 Å². The van der Waals surface area contributed by atoms with Gasteiger partial charge < -0.3 is 24.1 Å². The largest absolute Gasteiger partial charge is 0.473 e. The van der Waals surface area contributed by atoms with Crippen molar-refractivity contribution in [2.24, 2.45) is 16.7 Å². The summed E-state index contributed by atoms with van der Waals surface area (Å²) in [7, 11) is -4.63. The van der Waals surface area contributed by atoms with E-state index in [-0.39, 0.29) is 46.6 Å². The number of aromatic amines is 1. The molecule has 344 valence electrons. The molecule has 2 aromatic carbocycles. The molecule has 16 heteroatoms. The van der Waals surface area contributed by atoms with Crippen molar-refractivity contribution in [3.8, 4) is 17.4 Å². The first-order valence-corrected chi connectivity index (χ1v) is 24.4. The second kappa shape index (κ2) is 18.0. The lowest BCUT2D eigenvalue weighted by Crippen LogP contribution is -2.58. The van der Waals surface area contributed by atoms with Crippen LogP contribution in [0.2, 0.25) is 0 Å². The van der Waals surface area contributed by atoms with E-state index in [2.05, 4.69) is 81.4 Å². The van der Waals surface area contributed by atoms with Crippen molar-refractivity contribution in [1.82, 2.24) is 24.6 Å². The van der Waals surface area contributed by atoms with Crippen molar-refractivity contribution in [2.45, 2.75) is 102 Å². The minimum Gasteiger partial charge on any atom is -0.473 e. The molecule has 1 atom stereocenters. The first kappa shape index (κ1) is 44.6. The average Bonchev–Trinajstić information content (AvgIpc) is 3.76. The number of carbonyl (C=O) groups is 1. The molecule has 15 nitrogen and oxygen atoms in total. The molecule has 0 bridgehead atoms. The van der Waals surface area contributed by atoms with Crippen molar-refractivity contribution in [1.29, 1.82) is 0 Å². The first-order valence-electron chi connectivity index (χ1n) is 22.9. The molecular formula is C49H59N7O8S. The van der Waals surface area contributed by atoms with Gasteiger partial charge in [0.05, 0.1) is 48.7 Å². The van der Waals surface area contributed by atoms with Crippen LogP contribution in [0.25, 0.3) is 11.0 Å². The molecule has 1 spiro atoms. The number of nitrogens with one attached hydrogen (secondary N) is 2. The Morgan fingerprint density at radius 2 is 1.77 bits per heavy atom. The molecule has 0 radical (unpaired) electrons. The maximum atomic E-state index is 14.0. The highest BCUT2D eigenvalue weighted by Gasteiger charge is 2.50. The van der Waals surface area contributed by atoms with Crippen LogP contribution in [-0.4, -0.2) is 84.6 Å². The molecule has 1 amide bonds. The smallest absolute Gasteiger partial charge is 0.332 e. The molecule has 2 aliphatic carbocycles. The van der Waals surface area contributed by atoms with E-state index in [9.17, 15) is 23.3 Å². The van der Waals surface area contributed by atoms with Crippen molar-refractivity contribution in [2.75, 3.05) is 44.4 Å². The molecule has 2 saturated heterocycles. The summed E-state index contributed by atoms with van der Waals surface area (Å²) in [5.41, 5.74) is 4.13. The number of H-pyrrole nitrogens is 1. The summed E-state index contributed by atoms with van der Waals surface area (Å²) in [6.07, 6.45) is 12.5. The van der Waals surface area contributed by atoms with Gasteiger partial charge >= 0.3 is 5.69 Å². The van der Waals surface area contributed by atoms with Gasteiger partial charge in [0.15, 0.2) is 0 Å². The van der Waals surface area contributed by atoms with E-state index in [1.165, 1.54) is 17.3 Å². The fraction of sp³-hybridized carbons (Fsp3) is 0.490. The van der Waals surface area contributed by atoms with Crippen LogP contribution in [0, 0.1) is 26.9 Å². The molecule has 65 heavy (non-hydrogen) atoms. The summed E-state index contributed by atoms with van der Waals surface area (Å²) < 4.78 is 47.7. The lowest BCUT2D eigenvalue weighted by Gasteiger charge is -2.57. The van der Waals surface area contributed by atoms with Crippen LogP contribution in [0.4, 0.5) is 11.4 Å². The van der Waals surface area contributed by atoms with E-state index in [0.717, 1.165) is 101 Å². The Kier molecular flexibility index (Phi) is 12.4. The molecule has 3 aromatic heterocycles. The lowest BCUT2D eigenvalue weighted by molar-refractivity contribution is -0.386. The Bertz CT molecular complexity index is 2660. The molecule has 2 aliphatic heterocycles. The van der Waals surface area contributed by atoms with Gasteiger partial charge in [0, 0.05) is 55.1 Å². The summed E-state index contributed by atoms with van der Waals surface area (Å²) in [6, 6.07) is 19.2. The summed E-state index contributed by atoms with van der Waals surface area (Å²) in [5.74, 6) is -0.0972. The third-order valence-electron chi connectivity index (χ3n) is 14.4. The number of benzene rings is 2. The quantitative estimate of drug-likeness (QED) is 0.0845. The molecule has 2 saturated carbocycles. The van der Waals surface area contributed by atoms with Crippen LogP contribution >= 0.6 is 0 Å².